The second-order valence-corrected chi connectivity index (χ2v) is 5.38. The van der Waals surface area contributed by atoms with Crippen molar-refractivity contribution in [3.05, 3.63) is 71.8 Å². The normalized spacial score (nSPS) is 23.8. The summed E-state index contributed by atoms with van der Waals surface area (Å²) in [5, 5.41) is 3.60. The smallest absolute Gasteiger partial charge is 0.00322 e. The maximum Gasteiger partial charge on any atom is 0.00322 e. The molecule has 1 saturated heterocycles. The summed E-state index contributed by atoms with van der Waals surface area (Å²) in [5.41, 5.74) is 2.95. The van der Waals surface area contributed by atoms with Gasteiger partial charge in [-0.25, -0.2) is 0 Å². The number of nitrogens with one attached hydrogen (secondary N) is 1. The molecule has 1 fully saturated rings. The zero-order valence-electron chi connectivity index (χ0n) is 11.3. The Bertz CT molecular complexity index is 444. The Morgan fingerprint density at radius 1 is 0.737 bits per heavy atom. The van der Waals surface area contributed by atoms with Crippen molar-refractivity contribution < 1.29 is 0 Å². The number of rotatable bonds is 2. The zero-order valence-corrected chi connectivity index (χ0v) is 11.3. The van der Waals surface area contributed by atoms with Gasteiger partial charge in [0.15, 0.2) is 0 Å². The molecular formula is C18H21N. The van der Waals surface area contributed by atoms with Crippen molar-refractivity contribution >= 4 is 0 Å². The lowest BCUT2D eigenvalue weighted by Gasteiger charge is -2.26. The lowest BCUT2D eigenvalue weighted by molar-refractivity contribution is 0.527. The second-order valence-electron chi connectivity index (χ2n) is 5.38. The average Bonchev–Trinajstić information content (AvgIpc) is 2.75. The van der Waals surface area contributed by atoms with Gasteiger partial charge in [-0.1, -0.05) is 60.7 Å². The molecule has 1 N–H and O–H groups in total. The molecule has 0 radical (unpaired) electrons. The molecule has 2 atom stereocenters. The van der Waals surface area contributed by atoms with E-state index in [1.54, 1.807) is 0 Å². The van der Waals surface area contributed by atoms with E-state index in [9.17, 15) is 0 Å². The van der Waals surface area contributed by atoms with Gasteiger partial charge in [0.2, 0.25) is 0 Å². The van der Waals surface area contributed by atoms with Crippen LogP contribution < -0.4 is 5.32 Å². The van der Waals surface area contributed by atoms with E-state index in [1.165, 1.54) is 24.0 Å². The Hall–Kier alpha value is -1.60. The number of hydrogen-bond donors (Lipinski definition) is 1. The van der Waals surface area contributed by atoms with Crippen LogP contribution in [0.1, 0.15) is 35.8 Å². The monoisotopic (exact) mass is 251 g/mol. The summed E-state index contributed by atoms with van der Waals surface area (Å²) in [4.78, 5) is 0. The SMILES string of the molecule is c1ccc([C@@H]2CCCNC[C@H]2c2ccccc2)cc1. The van der Waals surface area contributed by atoms with Crippen LogP contribution in [-0.4, -0.2) is 13.1 Å². The minimum Gasteiger partial charge on any atom is -0.316 e. The lowest BCUT2D eigenvalue weighted by atomic mass is 9.79. The van der Waals surface area contributed by atoms with E-state index < -0.39 is 0 Å². The van der Waals surface area contributed by atoms with Crippen molar-refractivity contribution in [2.75, 3.05) is 13.1 Å². The Morgan fingerprint density at radius 3 is 1.95 bits per heavy atom. The van der Waals surface area contributed by atoms with E-state index in [0.29, 0.717) is 11.8 Å². The predicted molar refractivity (Wildman–Crippen MR) is 80.5 cm³/mol. The molecule has 0 aromatic heterocycles. The van der Waals surface area contributed by atoms with E-state index in [-0.39, 0.29) is 0 Å². The number of benzene rings is 2. The molecule has 0 aliphatic carbocycles. The Labute approximate surface area is 115 Å². The van der Waals surface area contributed by atoms with Crippen LogP contribution in [0.2, 0.25) is 0 Å². The third-order valence-electron chi connectivity index (χ3n) is 4.17. The second kappa shape index (κ2) is 6.03. The van der Waals surface area contributed by atoms with Gasteiger partial charge in [0.1, 0.15) is 0 Å². The van der Waals surface area contributed by atoms with Crippen molar-refractivity contribution in [3.8, 4) is 0 Å². The van der Waals surface area contributed by atoms with Crippen LogP contribution in [0.25, 0.3) is 0 Å². The highest BCUT2D eigenvalue weighted by Crippen LogP contribution is 2.37. The van der Waals surface area contributed by atoms with E-state index in [4.69, 9.17) is 0 Å². The highest BCUT2D eigenvalue weighted by Gasteiger charge is 2.25. The Balaban J connectivity index is 1.94. The molecule has 0 unspecified atom stereocenters. The van der Waals surface area contributed by atoms with Gasteiger partial charge in [-0.2, -0.15) is 0 Å². The van der Waals surface area contributed by atoms with Gasteiger partial charge in [0.25, 0.3) is 0 Å². The first-order valence-electron chi connectivity index (χ1n) is 7.26. The molecular weight excluding hydrogens is 230 g/mol. The molecule has 0 saturated carbocycles. The maximum absolute atomic E-state index is 3.60. The summed E-state index contributed by atoms with van der Waals surface area (Å²) < 4.78 is 0. The van der Waals surface area contributed by atoms with Gasteiger partial charge in [0.05, 0.1) is 0 Å². The Morgan fingerprint density at radius 2 is 1.32 bits per heavy atom. The molecule has 1 aliphatic rings. The van der Waals surface area contributed by atoms with Gasteiger partial charge in [-0.15, -0.1) is 0 Å². The van der Waals surface area contributed by atoms with Gasteiger partial charge < -0.3 is 5.32 Å². The van der Waals surface area contributed by atoms with Crippen LogP contribution in [0.3, 0.4) is 0 Å². The first-order chi connectivity index (χ1) is 9.45. The van der Waals surface area contributed by atoms with E-state index in [0.717, 1.165) is 13.1 Å². The third kappa shape index (κ3) is 2.87. The lowest BCUT2D eigenvalue weighted by Crippen LogP contribution is -2.22. The standard InChI is InChI=1S/C18H21N/c1-3-8-15(9-4-1)17-12-7-13-19-14-18(17)16-10-5-2-6-11-16/h1-6,8-11,17-19H,7,12-14H2/t17-,18-/m0/s1. The molecule has 98 valence electrons. The summed E-state index contributed by atoms with van der Waals surface area (Å²) in [6.07, 6.45) is 2.54. The van der Waals surface area contributed by atoms with Gasteiger partial charge >= 0.3 is 0 Å². The summed E-state index contributed by atoms with van der Waals surface area (Å²) in [7, 11) is 0. The molecule has 2 aromatic carbocycles. The van der Waals surface area contributed by atoms with Crippen molar-refractivity contribution in [2.24, 2.45) is 0 Å². The Kier molecular flexibility index (Phi) is 3.95. The van der Waals surface area contributed by atoms with Crippen molar-refractivity contribution in [3.63, 3.8) is 0 Å². The average molecular weight is 251 g/mol. The fourth-order valence-electron chi connectivity index (χ4n) is 3.20. The predicted octanol–water partition coefficient (Wildman–Crippen LogP) is 3.94. The summed E-state index contributed by atoms with van der Waals surface area (Å²) >= 11 is 0. The minimum atomic E-state index is 0.589. The van der Waals surface area contributed by atoms with Crippen molar-refractivity contribution in [1.82, 2.24) is 5.32 Å². The maximum atomic E-state index is 3.60. The highest BCUT2D eigenvalue weighted by atomic mass is 14.9. The van der Waals surface area contributed by atoms with Gasteiger partial charge in [-0.05, 0) is 36.4 Å². The van der Waals surface area contributed by atoms with Crippen LogP contribution in [0.15, 0.2) is 60.7 Å². The first-order valence-corrected chi connectivity index (χ1v) is 7.26. The third-order valence-corrected chi connectivity index (χ3v) is 4.17. The zero-order chi connectivity index (χ0) is 12.9. The molecule has 1 aliphatic heterocycles. The van der Waals surface area contributed by atoms with E-state index >= 15 is 0 Å². The summed E-state index contributed by atoms with van der Waals surface area (Å²) in [5.74, 6) is 1.23. The van der Waals surface area contributed by atoms with Crippen LogP contribution in [0.4, 0.5) is 0 Å². The molecule has 3 rings (SSSR count). The van der Waals surface area contributed by atoms with Crippen molar-refractivity contribution in [2.45, 2.75) is 24.7 Å². The quantitative estimate of drug-likeness (QED) is 0.852. The van der Waals surface area contributed by atoms with Crippen LogP contribution in [0.5, 0.6) is 0 Å². The van der Waals surface area contributed by atoms with Gasteiger partial charge in [0, 0.05) is 12.5 Å². The molecule has 0 spiro atoms. The molecule has 0 amide bonds. The molecule has 0 bridgehead atoms. The summed E-state index contributed by atoms with van der Waals surface area (Å²) in [6, 6.07) is 22.0. The summed E-state index contributed by atoms with van der Waals surface area (Å²) in [6.45, 7) is 2.23. The first kappa shape index (κ1) is 12.4. The number of hydrogen-bond acceptors (Lipinski definition) is 1. The molecule has 2 aromatic rings. The largest absolute Gasteiger partial charge is 0.316 e. The van der Waals surface area contributed by atoms with Gasteiger partial charge in [-0.3, -0.25) is 0 Å². The van der Waals surface area contributed by atoms with Crippen LogP contribution in [-0.2, 0) is 0 Å². The fraction of sp³-hybridized carbons (Fsp3) is 0.333. The molecule has 1 heterocycles. The molecule has 1 heteroatoms. The minimum absolute atomic E-state index is 0.589. The molecule has 19 heavy (non-hydrogen) atoms. The fourth-order valence-corrected chi connectivity index (χ4v) is 3.20. The van der Waals surface area contributed by atoms with E-state index in [1.807, 2.05) is 0 Å². The van der Waals surface area contributed by atoms with Crippen LogP contribution in [0, 0.1) is 0 Å². The van der Waals surface area contributed by atoms with E-state index in [2.05, 4.69) is 66.0 Å². The van der Waals surface area contributed by atoms with Crippen LogP contribution >= 0.6 is 0 Å². The highest BCUT2D eigenvalue weighted by molar-refractivity contribution is 5.29. The topological polar surface area (TPSA) is 12.0 Å². The van der Waals surface area contributed by atoms with Crippen molar-refractivity contribution in [1.29, 1.82) is 0 Å². The molecule has 1 nitrogen and oxygen atoms in total.